The number of methoxy groups -OCH3 is 1. The molecular formula is C20H20N4O4. The molecule has 2 N–H and O–H groups in total. The van der Waals surface area contributed by atoms with E-state index in [-0.39, 0.29) is 12.1 Å². The van der Waals surface area contributed by atoms with Gasteiger partial charge in [0.25, 0.3) is 0 Å². The van der Waals surface area contributed by atoms with Gasteiger partial charge >= 0.3 is 6.03 Å². The van der Waals surface area contributed by atoms with Gasteiger partial charge in [-0.05, 0) is 36.4 Å². The highest BCUT2D eigenvalue weighted by Crippen LogP contribution is 2.31. The van der Waals surface area contributed by atoms with E-state index >= 15 is 0 Å². The van der Waals surface area contributed by atoms with E-state index in [1.165, 1.54) is 0 Å². The first-order valence-corrected chi connectivity index (χ1v) is 8.82. The molecule has 3 aromatic rings. The molecule has 1 unspecified atom stereocenters. The Labute approximate surface area is 162 Å². The van der Waals surface area contributed by atoms with Crippen LogP contribution in [0.3, 0.4) is 0 Å². The number of ether oxygens (including phenoxy) is 3. The van der Waals surface area contributed by atoms with E-state index in [9.17, 15) is 4.79 Å². The zero-order chi connectivity index (χ0) is 19.3. The number of para-hydroxylation sites is 2. The van der Waals surface area contributed by atoms with Crippen molar-refractivity contribution in [1.29, 1.82) is 0 Å². The summed E-state index contributed by atoms with van der Waals surface area (Å²) in [6.07, 6.45) is 3.18. The summed E-state index contributed by atoms with van der Waals surface area (Å²) >= 11 is 0. The molecule has 1 aromatic heterocycles. The van der Waals surface area contributed by atoms with Crippen molar-refractivity contribution >= 4 is 17.4 Å². The van der Waals surface area contributed by atoms with Gasteiger partial charge in [-0.15, -0.1) is 0 Å². The predicted octanol–water partition coefficient (Wildman–Crippen LogP) is 3.38. The number of aromatic nitrogens is 2. The van der Waals surface area contributed by atoms with Gasteiger partial charge in [0.2, 0.25) is 0 Å². The van der Waals surface area contributed by atoms with Gasteiger partial charge in [-0.1, -0.05) is 12.1 Å². The van der Waals surface area contributed by atoms with Crippen molar-refractivity contribution in [2.45, 2.75) is 12.6 Å². The fourth-order valence-corrected chi connectivity index (χ4v) is 2.86. The molecular weight excluding hydrogens is 360 g/mol. The summed E-state index contributed by atoms with van der Waals surface area (Å²) in [5, 5.41) is 9.78. The molecule has 28 heavy (non-hydrogen) atoms. The first-order valence-electron chi connectivity index (χ1n) is 8.82. The lowest BCUT2D eigenvalue weighted by Gasteiger charge is -2.26. The summed E-state index contributed by atoms with van der Waals surface area (Å²) in [4.78, 5) is 12.1. The minimum absolute atomic E-state index is 0.157. The largest absolute Gasteiger partial charge is 0.497 e. The van der Waals surface area contributed by atoms with Gasteiger partial charge in [0.1, 0.15) is 12.4 Å². The standard InChI is InChI=1S/C20H20N4O4/c1-26-16-8-6-14(7-9-16)22-20(25)23-15-10-21-24(11-15)12-17-13-27-18-4-2-3-5-19(18)28-17/h2-11,17H,12-13H2,1H3,(H2,22,23,25). The number of carbonyl (C=O) groups is 1. The van der Waals surface area contributed by atoms with Crippen LogP contribution >= 0.6 is 0 Å². The number of nitrogens with one attached hydrogen (secondary N) is 2. The Bertz CT molecular complexity index is 955. The molecule has 1 atom stereocenters. The van der Waals surface area contributed by atoms with Crippen LogP contribution in [0.25, 0.3) is 0 Å². The van der Waals surface area contributed by atoms with Crippen LogP contribution in [0.4, 0.5) is 16.2 Å². The van der Waals surface area contributed by atoms with Gasteiger partial charge in [0.15, 0.2) is 17.6 Å². The highest BCUT2D eigenvalue weighted by atomic mass is 16.6. The molecule has 2 amide bonds. The van der Waals surface area contributed by atoms with Crippen LogP contribution in [0.15, 0.2) is 60.9 Å². The molecule has 8 heteroatoms. The number of hydrogen-bond acceptors (Lipinski definition) is 5. The third kappa shape index (κ3) is 4.17. The molecule has 1 aliphatic rings. The second-order valence-corrected chi connectivity index (χ2v) is 6.26. The van der Waals surface area contributed by atoms with Crippen LogP contribution in [-0.2, 0) is 6.54 Å². The Hall–Kier alpha value is -3.68. The van der Waals surface area contributed by atoms with Gasteiger partial charge in [-0.25, -0.2) is 4.79 Å². The van der Waals surface area contributed by atoms with Crippen molar-refractivity contribution in [3.8, 4) is 17.2 Å². The summed E-state index contributed by atoms with van der Waals surface area (Å²) in [5.41, 5.74) is 1.25. The second-order valence-electron chi connectivity index (χ2n) is 6.26. The number of nitrogens with zero attached hydrogens (tertiary/aromatic N) is 2. The zero-order valence-corrected chi connectivity index (χ0v) is 15.3. The quantitative estimate of drug-likeness (QED) is 0.709. The first-order chi connectivity index (χ1) is 13.7. The monoisotopic (exact) mass is 380 g/mol. The molecule has 0 aliphatic carbocycles. The summed E-state index contributed by atoms with van der Waals surface area (Å²) in [5.74, 6) is 2.20. The molecule has 0 saturated carbocycles. The molecule has 0 bridgehead atoms. The minimum atomic E-state index is -0.351. The lowest BCUT2D eigenvalue weighted by Crippen LogP contribution is -2.33. The molecule has 1 aliphatic heterocycles. The van der Waals surface area contributed by atoms with Crippen LogP contribution in [0.5, 0.6) is 17.2 Å². The average Bonchev–Trinajstić information content (AvgIpc) is 3.15. The maximum atomic E-state index is 12.1. The normalized spacial score (nSPS) is 15.0. The van der Waals surface area contributed by atoms with Gasteiger partial charge in [0, 0.05) is 11.9 Å². The number of rotatable bonds is 5. The summed E-state index contributed by atoms with van der Waals surface area (Å²) in [6.45, 7) is 0.952. The summed E-state index contributed by atoms with van der Waals surface area (Å²) in [6, 6.07) is 14.3. The van der Waals surface area contributed by atoms with E-state index in [0.29, 0.717) is 24.5 Å². The van der Waals surface area contributed by atoms with Crippen LogP contribution in [0.2, 0.25) is 0 Å². The smallest absolute Gasteiger partial charge is 0.323 e. The van der Waals surface area contributed by atoms with Crippen molar-refractivity contribution in [3.63, 3.8) is 0 Å². The van der Waals surface area contributed by atoms with Crippen molar-refractivity contribution in [2.75, 3.05) is 24.4 Å². The van der Waals surface area contributed by atoms with Crippen molar-refractivity contribution in [2.24, 2.45) is 0 Å². The van der Waals surface area contributed by atoms with Crippen LogP contribution < -0.4 is 24.8 Å². The molecule has 4 rings (SSSR count). The lowest BCUT2D eigenvalue weighted by atomic mass is 10.2. The topological polar surface area (TPSA) is 86.6 Å². The summed E-state index contributed by atoms with van der Waals surface area (Å²) in [7, 11) is 1.59. The van der Waals surface area contributed by atoms with Gasteiger partial charge in [0.05, 0.1) is 25.5 Å². The second kappa shape index (κ2) is 7.91. The van der Waals surface area contributed by atoms with Crippen molar-refractivity contribution in [3.05, 3.63) is 60.9 Å². The third-order valence-electron chi connectivity index (χ3n) is 4.20. The van der Waals surface area contributed by atoms with E-state index in [2.05, 4.69) is 15.7 Å². The molecule has 2 heterocycles. The maximum absolute atomic E-state index is 12.1. The van der Waals surface area contributed by atoms with Crippen molar-refractivity contribution < 1.29 is 19.0 Å². The Kier molecular flexibility index (Phi) is 5.01. The van der Waals surface area contributed by atoms with E-state index in [1.54, 1.807) is 48.5 Å². The predicted molar refractivity (Wildman–Crippen MR) is 104 cm³/mol. The summed E-state index contributed by atoms with van der Waals surface area (Å²) < 4.78 is 18.4. The minimum Gasteiger partial charge on any atom is -0.497 e. The van der Waals surface area contributed by atoms with E-state index < -0.39 is 0 Å². The van der Waals surface area contributed by atoms with Gasteiger partial charge < -0.3 is 24.8 Å². The van der Waals surface area contributed by atoms with E-state index in [4.69, 9.17) is 14.2 Å². The number of anilines is 2. The molecule has 0 saturated heterocycles. The highest BCUT2D eigenvalue weighted by molar-refractivity contribution is 5.99. The Balaban J connectivity index is 1.31. The van der Waals surface area contributed by atoms with E-state index in [1.807, 2.05) is 24.3 Å². The lowest BCUT2D eigenvalue weighted by molar-refractivity contribution is 0.0759. The van der Waals surface area contributed by atoms with Gasteiger partial charge in [-0.3, -0.25) is 4.68 Å². The molecule has 0 fully saturated rings. The van der Waals surface area contributed by atoms with Crippen LogP contribution in [-0.4, -0.2) is 35.6 Å². The Morgan fingerprint density at radius 1 is 1.14 bits per heavy atom. The number of urea groups is 1. The Morgan fingerprint density at radius 3 is 2.68 bits per heavy atom. The number of amides is 2. The zero-order valence-electron chi connectivity index (χ0n) is 15.3. The van der Waals surface area contributed by atoms with Crippen LogP contribution in [0, 0.1) is 0 Å². The number of hydrogen-bond donors (Lipinski definition) is 2. The van der Waals surface area contributed by atoms with Crippen LogP contribution in [0.1, 0.15) is 0 Å². The Morgan fingerprint density at radius 2 is 1.89 bits per heavy atom. The third-order valence-corrected chi connectivity index (χ3v) is 4.20. The number of benzene rings is 2. The highest BCUT2D eigenvalue weighted by Gasteiger charge is 2.21. The maximum Gasteiger partial charge on any atom is 0.323 e. The fraction of sp³-hybridized carbons (Fsp3) is 0.200. The number of carbonyl (C=O) groups excluding carboxylic acids is 1. The molecule has 2 aromatic carbocycles. The molecule has 0 spiro atoms. The van der Waals surface area contributed by atoms with E-state index in [0.717, 1.165) is 17.2 Å². The van der Waals surface area contributed by atoms with Gasteiger partial charge in [-0.2, -0.15) is 5.10 Å². The van der Waals surface area contributed by atoms with Crippen molar-refractivity contribution in [1.82, 2.24) is 9.78 Å². The SMILES string of the molecule is COc1ccc(NC(=O)Nc2cnn(CC3COc4ccccc4O3)c2)cc1. The first kappa shape index (κ1) is 17.7. The molecule has 8 nitrogen and oxygen atoms in total. The fourth-order valence-electron chi connectivity index (χ4n) is 2.86. The average molecular weight is 380 g/mol. The molecule has 0 radical (unpaired) electrons. The molecule has 144 valence electrons. The number of fused-ring (bicyclic) bond motifs is 1.